The highest BCUT2D eigenvalue weighted by molar-refractivity contribution is 4.76. The minimum atomic E-state index is 1.01. The maximum absolute atomic E-state index is 3.62. The van der Waals surface area contributed by atoms with Crippen molar-refractivity contribution in [3.8, 4) is 0 Å². The molecule has 0 spiro atoms. The Balaban J connectivity index is 1.52. The molecular weight excluding hydrogens is 146 g/mol. The van der Waals surface area contributed by atoms with E-state index in [0.717, 1.165) is 11.8 Å². The predicted molar refractivity (Wildman–Crippen MR) is 52.2 cm³/mol. The van der Waals surface area contributed by atoms with Crippen LogP contribution in [0.25, 0.3) is 0 Å². The molecule has 2 aliphatic rings. The van der Waals surface area contributed by atoms with Crippen molar-refractivity contribution in [1.82, 2.24) is 5.32 Å². The van der Waals surface area contributed by atoms with Gasteiger partial charge in [-0.15, -0.1) is 0 Å². The van der Waals surface area contributed by atoms with E-state index in [0.29, 0.717) is 0 Å². The molecule has 0 heterocycles. The molecule has 2 saturated carbocycles. The Morgan fingerprint density at radius 2 is 1.33 bits per heavy atom. The molecule has 0 aromatic carbocycles. The normalized spacial score (nSPS) is 26.0. The first-order valence-electron chi connectivity index (χ1n) is 5.66. The maximum atomic E-state index is 3.62. The van der Waals surface area contributed by atoms with Crippen molar-refractivity contribution >= 4 is 0 Å². The summed E-state index contributed by atoms with van der Waals surface area (Å²) >= 11 is 0. The topological polar surface area (TPSA) is 12.0 Å². The molecule has 12 heavy (non-hydrogen) atoms. The first-order chi connectivity index (χ1) is 5.95. The number of hydrogen-bond donors (Lipinski definition) is 1. The molecule has 0 aliphatic heterocycles. The zero-order valence-electron chi connectivity index (χ0n) is 8.02. The number of nitrogens with one attached hydrogen (secondary N) is 1. The van der Waals surface area contributed by atoms with Gasteiger partial charge in [-0.2, -0.15) is 0 Å². The van der Waals surface area contributed by atoms with Crippen molar-refractivity contribution in [2.24, 2.45) is 11.8 Å². The van der Waals surface area contributed by atoms with E-state index < -0.39 is 0 Å². The summed E-state index contributed by atoms with van der Waals surface area (Å²) in [5.41, 5.74) is 0. The third kappa shape index (κ3) is 2.78. The molecule has 1 nitrogen and oxygen atoms in total. The number of rotatable bonds is 4. The standard InChI is InChI=1S/C11H21N/c1-2-4-10(5-3-1)8-12-9-11-6-7-11/h10-12H,1-9H2. The lowest BCUT2D eigenvalue weighted by molar-refractivity contribution is 0.341. The molecule has 0 atom stereocenters. The van der Waals surface area contributed by atoms with Crippen molar-refractivity contribution in [3.05, 3.63) is 0 Å². The van der Waals surface area contributed by atoms with Crippen LogP contribution in [-0.2, 0) is 0 Å². The summed E-state index contributed by atoms with van der Waals surface area (Å²) in [4.78, 5) is 0. The van der Waals surface area contributed by atoms with Crippen molar-refractivity contribution < 1.29 is 0 Å². The third-order valence-electron chi connectivity index (χ3n) is 3.29. The van der Waals surface area contributed by atoms with Gasteiger partial charge in [-0.25, -0.2) is 0 Å². The zero-order chi connectivity index (χ0) is 8.23. The fourth-order valence-corrected chi connectivity index (χ4v) is 2.20. The smallest absolute Gasteiger partial charge is 0.00204 e. The minimum Gasteiger partial charge on any atom is -0.316 e. The molecule has 0 radical (unpaired) electrons. The Morgan fingerprint density at radius 3 is 1.92 bits per heavy atom. The van der Waals surface area contributed by atoms with E-state index >= 15 is 0 Å². The van der Waals surface area contributed by atoms with Crippen LogP contribution in [0.15, 0.2) is 0 Å². The van der Waals surface area contributed by atoms with E-state index in [1.165, 1.54) is 58.0 Å². The molecular formula is C11H21N. The summed E-state index contributed by atoms with van der Waals surface area (Å²) in [6, 6.07) is 0. The highest BCUT2D eigenvalue weighted by atomic mass is 14.9. The van der Waals surface area contributed by atoms with Crippen molar-refractivity contribution in [2.75, 3.05) is 13.1 Å². The lowest BCUT2D eigenvalue weighted by Crippen LogP contribution is -2.26. The van der Waals surface area contributed by atoms with Crippen LogP contribution in [-0.4, -0.2) is 13.1 Å². The van der Waals surface area contributed by atoms with Gasteiger partial charge in [-0.1, -0.05) is 19.3 Å². The van der Waals surface area contributed by atoms with Gasteiger partial charge >= 0.3 is 0 Å². The largest absolute Gasteiger partial charge is 0.316 e. The molecule has 1 N–H and O–H groups in total. The molecule has 2 aliphatic carbocycles. The van der Waals surface area contributed by atoms with E-state index in [2.05, 4.69) is 5.32 Å². The summed E-state index contributed by atoms with van der Waals surface area (Å²) in [5, 5.41) is 3.62. The first kappa shape index (κ1) is 8.55. The van der Waals surface area contributed by atoms with Gasteiger partial charge in [0.1, 0.15) is 0 Å². The highest BCUT2D eigenvalue weighted by Gasteiger charge is 2.21. The monoisotopic (exact) mass is 167 g/mol. The molecule has 2 fully saturated rings. The second-order valence-electron chi connectivity index (χ2n) is 4.61. The lowest BCUT2D eigenvalue weighted by Gasteiger charge is -2.21. The van der Waals surface area contributed by atoms with E-state index in [1.807, 2.05) is 0 Å². The van der Waals surface area contributed by atoms with E-state index in [-0.39, 0.29) is 0 Å². The van der Waals surface area contributed by atoms with Crippen LogP contribution in [0.3, 0.4) is 0 Å². The van der Waals surface area contributed by atoms with Crippen molar-refractivity contribution in [1.29, 1.82) is 0 Å². The summed E-state index contributed by atoms with van der Waals surface area (Å²) < 4.78 is 0. The van der Waals surface area contributed by atoms with Gasteiger partial charge in [0.2, 0.25) is 0 Å². The van der Waals surface area contributed by atoms with Crippen LogP contribution in [0.1, 0.15) is 44.9 Å². The molecule has 0 bridgehead atoms. The summed E-state index contributed by atoms with van der Waals surface area (Å²) in [5.74, 6) is 2.06. The van der Waals surface area contributed by atoms with Gasteiger partial charge in [0, 0.05) is 0 Å². The average Bonchev–Trinajstić information content (AvgIpc) is 2.90. The Bertz CT molecular complexity index is 123. The quantitative estimate of drug-likeness (QED) is 0.678. The Morgan fingerprint density at radius 1 is 0.750 bits per heavy atom. The number of hydrogen-bond acceptors (Lipinski definition) is 1. The maximum Gasteiger partial charge on any atom is -0.00204 e. The second-order valence-corrected chi connectivity index (χ2v) is 4.61. The van der Waals surface area contributed by atoms with Gasteiger partial charge in [-0.3, -0.25) is 0 Å². The van der Waals surface area contributed by atoms with Crippen LogP contribution in [0.2, 0.25) is 0 Å². The van der Waals surface area contributed by atoms with Gasteiger partial charge in [0.15, 0.2) is 0 Å². The van der Waals surface area contributed by atoms with E-state index in [9.17, 15) is 0 Å². The summed E-state index contributed by atoms with van der Waals surface area (Å²) in [6.45, 7) is 2.60. The first-order valence-corrected chi connectivity index (χ1v) is 5.66. The van der Waals surface area contributed by atoms with Crippen molar-refractivity contribution in [3.63, 3.8) is 0 Å². The van der Waals surface area contributed by atoms with Crippen molar-refractivity contribution in [2.45, 2.75) is 44.9 Å². The van der Waals surface area contributed by atoms with Gasteiger partial charge in [-0.05, 0) is 50.6 Å². The third-order valence-corrected chi connectivity index (χ3v) is 3.29. The van der Waals surface area contributed by atoms with Crippen LogP contribution >= 0.6 is 0 Å². The molecule has 0 amide bonds. The minimum absolute atomic E-state index is 1.01. The van der Waals surface area contributed by atoms with Gasteiger partial charge in [0.25, 0.3) is 0 Å². The molecule has 0 saturated heterocycles. The van der Waals surface area contributed by atoms with Gasteiger partial charge in [0.05, 0.1) is 0 Å². The fourth-order valence-electron chi connectivity index (χ4n) is 2.20. The second kappa shape index (κ2) is 4.27. The molecule has 0 aromatic heterocycles. The van der Waals surface area contributed by atoms with Gasteiger partial charge < -0.3 is 5.32 Å². The highest BCUT2D eigenvalue weighted by Crippen LogP contribution is 2.28. The van der Waals surface area contributed by atoms with E-state index in [1.54, 1.807) is 0 Å². The lowest BCUT2D eigenvalue weighted by atomic mass is 9.89. The van der Waals surface area contributed by atoms with Crippen LogP contribution in [0, 0.1) is 11.8 Å². The van der Waals surface area contributed by atoms with Crippen LogP contribution in [0.5, 0.6) is 0 Å². The summed E-state index contributed by atoms with van der Waals surface area (Å²) in [6.07, 6.45) is 10.4. The summed E-state index contributed by atoms with van der Waals surface area (Å²) in [7, 11) is 0. The molecule has 2 rings (SSSR count). The average molecular weight is 167 g/mol. The Labute approximate surface area is 75.9 Å². The SMILES string of the molecule is C1CCC(CNCC2CC2)CC1. The Hall–Kier alpha value is -0.0400. The fraction of sp³-hybridized carbons (Fsp3) is 1.00. The Kier molecular flexibility index (Phi) is 3.04. The molecule has 70 valence electrons. The predicted octanol–water partition coefficient (Wildman–Crippen LogP) is 2.57. The van der Waals surface area contributed by atoms with E-state index in [4.69, 9.17) is 0 Å². The molecule has 0 unspecified atom stereocenters. The molecule has 1 heteroatoms. The zero-order valence-corrected chi connectivity index (χ0v) is 8.02. The van der Waals surface area contributed by atoms with Crippen LogP contribution < -0.4 is 5.32 Å². The molecule has 0 aromatic rings. The van der Waals surface area contributed by atoms with Crippen LogP contribution in [0.4, 0.5) is 0 Å².